The zero-order valence-corrected chi connectivity index (χ0v) is 13.5. The lowest BCUT2D eigenvalue weighted by atomic mass is 10.2. The van der Waals surface area contributed by atoms with Gasteiger partial charge in [-0.3, -0.25) is 9.78 Å². The molecule has 1 aromatic heterocycles. The monoisotopic (exact) mass is 297 g/mol. The predicted octanol–water partition coefficient (Wildman–Crippen LogP) is 3.72. The molecule has 0 atom stereocenters. The molecular formula is C18H23N3O. The first kappa shape index (κ1) is 16.0. The summed E-state index contributed by atoms with van der Waals surface area (Å²) >= 11 is 0. The maximum atomic E-state index is 12.5. The van der Waals surface area contributed by atoms with E-state index in [-0.39, 0.29) is 5.91 Å². The maximum absolute atomic E-state index is 12.5. The highest BCUT2D eigenvalue weighted by molar-refractivity contribution is 5.93. The molecule has 0 aliphatic heterocycles. The fraction of sp³-hybridized carbons (Fsp3) is 0.333. The number of nitrogens with zero attached hydrogens (tertiary/aromatic N) is 3. The van der Waals surface area contributed by atoms with E-state index in [0.29, 0.717) is 18.8 Å². The van der Waals surface area contributed by atoms with Crippen molar-refractivity contribution in [3.8, 4) is 0 Å². The lowest BCUT2D eigenvalue weighted by Gasteiger charge is -2.24. The van der Waals surface area contributed by atoms with Crippen LogP contribution in [0, 0.1) is 0 Å². The van der Waals surface area contributed by atoms with Gasteiger partial charge in [0, 0.05) is 37.2 Å². The van der Waals surface area contributed by atoms with Gasteiger partial charge in [-0.05, 0) is 45.0 Å². The van der Waals surface area contributed by atoms with Crippen LogP contribution in [0.2, 0.25) is 0 Å². The molecule has 0 unspecified atom stereocenters. The van der Waals surface area contributed by atoms with E-state index >= 15 is 0 Å². The van der Waals surface area contributed by atoms with Crippen molar-refractivity contribution in [3.63, 3.8) is 0 Å². The molecule has 0 spiro atoms. The number of carbonyl (C=O) groups excluding carboxylic acids is 1. The minimum atomic E-state index is -0.0176. The van der Waals surface area contributed by atoms with Crippen LogP contribution >= 0.6 is 0 Å². The summed E-state index contributed by atoms with van der Waals surface area (Å²) in [6.45, 7) is 8.27. The fourth-order valence-electron chi connectivity index (χ4n) is 2.50. The van der Waals surface area contributed by atoms with Gasteiger partial charge in [0.1, 0.15) is 5.69 Å². The number of anilines is 2. The second kappa shape index (κ2) is 7.59. The highest BCUT2D eigenvalue weighted by Crippen LogP contribution is 2.25. The van der Waals surface area contributed by atoms with Gasteiger partial charge in [-0.2, -0.15) is 0 Å². The molecule has 1 aromatic carbocycles. The van der Waals surface area contributed by atoms with Crippen LogP contribution in [0.25, 0.3) is 0 Å². The molecule has 4 heteroatoms. The fourth-order valence-corrected chi connectivity index (χ4v) is 2.50. The number of amides is 1. The van der Waals surface area contributed by atoms with E-state index in [1.54, 1.807) is 11.1 Å². The molecule has 0 saturated heterocycles. The molecule has 0 bridgehead atoms. The number of rotatable bonds is 6. The van der Waals surface area contributed by atoms with Gasteiger partial charge in [0.05, 0.1) is 0 Å². The molecule has 0 saturated carbocycles. The number of hydrogen-bond donors (Lipinski definition) is 0. The highest BCUT2D eigenvalue weighted by Gasteiger charge is 2.16. The average molecular weight is 297 g/mol. The predicted molar refractivity (Wildman–Crippen MR) is 90.6 cm³/mol. The summed E-state index contributed by atoms with van der Waals surface area (Å²) in [5, 5.41) is 0. The topological polar surface area (TPSA) is 36.4 Å². The maximum Gasteiger partial charge on any atom is 0.272 e. The molecule has 22 heavy (non-hydrogen) atoms. The van der Waals surface area contributed by atoms with Crippen LogP contribution < -0.4 is 4.90 Å². The zero-order valence-electron chi connectivity index (χ0n) is 13.5. The Hall–Kier alpha value is -2.36. The summed E-state index contributed by atoms with van der Waals surface area (Å²) in [5.41, 5.74) is 2.59. The lowest BCUT2D eigenvalue weighted by Crippen LogP contribution is -2.31. The van der Waals surface area contributed by atoms with E-state index in [9.17, 15) is 4.79 Å². The number of carbonyl (C=O) groups is 1. The summed E-state index contributed by atoms with van der Waals surface area (Å²) in [5.74, 6) is -0.0176. The second-order valence-corrected chi connectivity index (χ2v) is 4.96. The van der Waals surface area contributed by atoms with Crippen molar-refractivity contribution >= 4 is 17.3 Å². The van der Waals surface area contributed by atoms with Crippen molar-refractivity contribution in [2.24, 2.45) is 0 Å². The number of para-hydroxylation sites is 1. The largest absolute Gasteiger partial charge is 0.342 e. The van der Waals surface area contributed by atoms with Gasteiger partial charge in [0.25, 0.3) is 5.91 Å². The Labute approximate surface area is 132 Å². The van der Waals surface area contributed by atoms with Gasteiger partial charge < -0.3 is 9.80 Å². The first-order chi connectivity index (χ1) is 10.7. The highest BCUT2D eigenvalue weighted by atomic mass is 16.2. The number of pyridine rings is 1. The van der Waals surface area contributed by atoms with Crippen LogP contribution in [0.5, 0.6) is 0 Å². The van der Waals surface area contributed by atoms with E-state index in [4.69, 9.17) is 0 Å². The molecule has 0 fully saturated rings. The van der Waals surface area contributed by atoms with Crippen LogP contribution in [0.3, 0.4) is 0 Å². The van der Waals surface area contributed by atoms with Crippen molar-refractivity contribution < 1.29 is 4.79 Å². The molecule has 0 N–H and O–H groups in total. The van der Waals surface area contributed by atoms with E-state index in [1.807, 2.05) is 44.2 Å². The Morgan fingerprint density at radius 1 is 0.955 bits per heavy atom. The van der Waals surface area contributed by atoms with E-state index in [1.165, 1.54) is 0 Å². The Bertz CT molecular complexity index is 609. The van der Waals surface area contributed by atoms with E-state index < -0.39 is 0 Å². The molecule has 2 rings (SSSR count). The summed E-state index contributed by atoms with van der Waals surface area (Å²) in [6.07, 6.45) is 1.71. The molecule has 4 nitrogen and oxygen atoms in total. The Morgan fingerprint density at radius 3 is 2.23 bits per heavy atom. The van der Waals surface area contributed by atoms with Gasteiger partial charge in [0.15, 0.2) is 0 Å². The first-order valence-corrected chi connectivity index (χ1v) is 7.79. The van der Waals surface area contributed by atoms with Crippen molar-refractivity contribution in [3.05, 3.63) is 54.4 Å². The Kier molecular flexibility index (Phi) is 5.53. The summed E-state index contributed by atoms with van der Waals surface area (Å²) in [4.78, 5) is 20.7. The standard InChI is InChI=1S/C18H23N3O/c1-4-20(5-2)18(22)17-14-16(12-13-19-17)21(6-3)15-10-8-7-9-11-15/h7-14H,4-6H2,1-3H3. The molecular weight excluding hydrogens is 274 g/mol. The SMILES string of the molecule is CCN(CC)C(=O)c1cc(N(CC)c2ccccc2)ccn1. The first-order valence-electron chi connectivity index (χ1n) is 7.79. The number of benzene rings is 1. The van der Waals surface area contributed by atoms with Gasteiger partial charge in [-0.1, -0.05) is 18.2 Å². The normalized spacial score (nSPS) is 10.3. The minimum Gasteiger partial charge on any atom is -0.342 e. The van der Waals surface area contributed by atoms with E-state index in [0.717, 1.165) is 17.9 Å². The third-order valence-corrected chi connectivity index (χ3v) is 3.71. The lowest BCUT2D eigenvalue weighted by molar-refractivity contribution is 0.0767. The molecule has 0 radical (unpaired) electrons. The van der Waals surface area contributed by atoms with Gasteiger partial charge in [0.2, 0.25) is 0 Å². The molecule has 1 heterocycles. The van der Waals surface area contributed by atoms with Crippen LogP contribution in [0.15, 0.2) is 48.7 Å². The molecule has 1 amide bonds. The van der Waals surface area contributed by atoms with Crippen LogP contribution in [-0.4, -0.2) is 35.4 Å². The van der Waals surface area contributed by atoms with Gasteiger partial charge in [-0.15, -0.1) is 0 Å². The van der Waals surface area contributed by atoms with Crippen molar-refractivity contribution in [1.29, 1.82) is 0 Å². The third-order valence-electron chi connectivity index (χ3n) is 3.71. The van der Waals surface area contributed by atoms with Crippen molar-refractivity contribution in [1.82, 2.24) is 9.88 Å². The summed E-state index contributed by atoms with van der Waals surface area (Å²) < 4.78 is 0. The van der Waals surface area contributed by atoms with Crippen LogP contribution in [0.4, 0.5) is 11.4 Å². The van der Waals surface area contributed by atoms with Gasteiger partial charge >= 0.3 is 0 Å². The summed E-state index contributed by atoms with van der Waals surface area (Å²) in [7, 11) is 0. The van der Waals surface area contributed by atoms with Crippen LogP contribution in [-0.2, 0) is 0 Å². The summed E-state index contributed by atoms with van der Waals surface area (Å²) in [6, 6.07) is 14.0. The van der Waals surface area contributed by atoms with Crippen LogP contribution in [0.1, 0.15) is 31.3 Å². The molecule has 2 aromatic rings. The van der Waals surface area contributed by atoms with Crippen molar-refractivity contribution in [2.45, 2.75) is 20.8 Å². The Balaban J connectivity index is 2.33. The van der Waals surface area contributed by atoms with Crippen molar-refractivity contribution in [2.75, 3.05) is 24.5 Å². The quantitative estimate of drug-likeness (QED) is 0.815. The molecule has 0 aliphatic carbocycles. The smallest absolute Gasteiger partial charge is 0.272 e. The zero-order chi connectivity index (χ0) is 15.9. The number of aromatic nitrogens is 1. The number of hydrogen-bond acceptors (Lipinski definition) is 3. The average Bonchev–Trinajstić information content (AvgIpc) is 2.58. The third kappa shape index (κ3) is 3.45. The second-order valence-electron chi connectivity index (χ2n) is 4.96. The van der Waals surface area contributed by atoms with Gasteiger partial charge in [-0.25, -0.2) is 0 Å². The van der Waals surface area contributed by atoms with E-state index in [2.05, 4.69) is 28.9 Å². The molecule has 116 valence electrons. The Morgan fingerprint density at radius 2 is 1.64 bits per heavy atom. The minimum absolute atomic E-state index is 0.0176. The molecule has 0 aliphatic rings.